The third kappa shape index (κ3) is 2.96. The summed E-state index contributed by atoms with van der Waals surface area (Å²) < 4.78 is 11.1. The molecule has 3 rings (SSSR count). The second-order valence-corrected chi connectivity index (χ2v) is 5.91. The van der Waals surface area contributed by atoms with Crippen LogP contribution in [0.25, 0.3) is 10.2 Å². The summed E-state index contributed by atoms with van der Waals surface area (Å²) in [6, 6.07) is 7.75. The summed E-state index contributed by atoms with van der Waals surface area (Å²) in [7, 11) is 1.63. The lowest BCUT2D eigenvalue weighted by atomic mass is 10.2. The Balaban J connectivity index is 1.91. The first-order chi connectivity index (χ1) is 10.7. The van der Waals surface area contributed by atoms with Gasteiger partial charge in [0.2, 0.25) is 0 Å². The predicted octanol–water partition coefficient (Wildman–Crippen LogP) is 4.23. The van der Waals surface area contributed by atoms with E-state index < -0.39 is 0 Å². The molecule has 0 amide bonds. The monoisotopic (exact) mass is 315 g/mol. The van der Waals surface area contributed by atoms with Crippen molar-refractivity contribution in [1.29, 1.82) is 0 Å². The zero-order chi connectivity index (χ0) is 15.5. The van der Waals surface area contributed by atoms with E-state index in [2.05, 4.69) is 15.3 Å². The maximum atomic E-state index is 5.72. The van der Waals surface area contributed by atoms with Gasteiger partial charge in [-0.1, -0.05) is 0 Å². The molecule has 0 bridgehead atoms. The Morgan fingerprint density at radius 1 is 1.14 bits per heavy atom. The van der Waals surface area contributed by atoms with E-state index in [4.69, 9.17) is 9.47 Å². The van der Waals surface area contributed by atoms with Crippen LogP contribution in [0.1, 0.15) is 13.8 Å². The summed E-state index contributed by atoms with van der Waals surface area (Å²) in [5, 5.41) is 6.32. The largest absolute Gasteiger partial charge is 0.493 e. The molecule has 1 aromatic carbocycles. The lowest BCUT2D eigenvalue weighted by Gasteiger charge is -2.15. The molecule has 0 spiro atoms. The molecule has 2 aromatic heterocycles. The van der Waals surface area contributed by atoms with E-state index in [1.807, 2.05) is 43.5 Å². The van der Waals surface area contributed by atoms with Crippen molar-refractivity contribution in [1.82, 2.24) is 9.97 Å². The first kappa shape index (κ1) is 14.6. The summed E-state index contributed by atoms with van der Waals surface area (Å²) in [5.41, 5.74) is 0.888. The van der Waals surface area contributed by atoms with Crippen molar-refractivity contribution in [2.24, 2.45) is 0 Å². The van der Waals surface area contributed by atoms with E-state index in [1.165, 1.54) is 0 Å². The molecule has 0 saturated carbocycles. The van der Waals surface area contributed by atoms with Crippen molar-refractivity contribution in [2.75, 3.05) is 12.4 Å². The minimum atomic E-state index is 0.0972. The van der Waals surface area contributed by atoms with Crippen LogP contribution >= 0.6 is 11.3 Å². The first-order valence-corrected chi connectivity index (χ1v) is 7.85. The molecule has 0 saturated heterocycles. The van der Waals surface area contributed by atoms with Crippen molar-refractivity contribution in [3.8, 4) is 11.5 Å². The highest BCUT2D eigenvalue weighted by Gasteiger charge is 2.09. The quantitative estimate of drug-likeness (QED) is 0.763. The maximum absolute atomic E-state index is 5.72. The van der Waals surface area contributed by atoms with Gasteiger partial charge in [-0.15, -0.1) is 11.3 Å². The molecule has 6 heteroatoms. The van der Waals surface area contributed by atoms with Crippen molar-refractivity contribution < 1.29 is 9.47 Å². The van der Waals surface area contributed by atoms with Gasteiger partial charge < -0.3 is 14.8 Å². The fourth-order valence-corrected chi connectivity index (χ4v) is 2.86. The molecule has 5 nitrogen and oxygen atoms in total. The number of nitrogens with one attached hydrogen (secondary N) is 1. The third-order valence-electron chi connectivity index (χ3n) is 3.05. The van der Waals surface area contributed by atoms with Crippen molar-refractivity contribution >= 4 is 33.1 Å². The summed E-state index contributed by atoms with van der Waals surface area (Å²) in [5.74, 6) is 2.20. The van der Waals surface area contributed by atoms with Crippen molar-refractivity contribution in [3.63, 3.8) is 0 Å². The van der Waals surface area contributed by atoms with Gasteiger partial charge >= 0.3 is 0 Å². The van der Waals surface area contributed by atoms with Crippen LogP contribution in [0.4, 0.5) is 11.5 Å². The second kappa shape index (κ2) is 6.19. The van der Waals surface area contributed by atoms with Gasteiger partial charge in [0.1, 0.15) is 17.0 Å². The Hall–Kier alpha value is -2.34. The number of hydrogen-bond acceptors (Lipinski definition) is 6. The smallest absolute Gasteiger partial charge is 0.162 e. The topological polar surface area (TPSA) is 56.3 Å². The number of hydrogen-bond donors (Lipinski definition) is 1. The summed E-state index contributed by atoms with van der Waals surface area (Å²) in [4.78, 5) is 9.52. The fraction of sp³-hybridized carbons (Fsp3) is 0.250. The molecular formula is C16H17N3O2S. The molecule has 0 aliphatic carbocycles. The molecule has 0 aliphatic heterocycles. The van der Waals surface area contributed by atoms with Gasteiger partial charge in [0.25, 0.3) is 0 Å². The Kier molecular flexibility index (Phi) is 4.11. The van der Waals surface area contributed by atoms with E-state index in [0.717, 1.165) is 27.5 Å². The minimum absolute atomic E-state index is 0.0972. The van der Waals surface area contributed by atoms with E-state index in [1.54, 1.807) is 24.8 Å². The van der Waals surface area contributed by atoms with Crippen LogP contribution in [-0.4, -0.2) is 23.2 Å². The summed E-state index contributed by atoms with van der Waals surface area (Å²) in [6.07, 6.45) is 1.66. The Bertz CT molecular complexity index is 786. The first-order valence-electron chi connectivity index (χ1n) is 6.97. The number of rotatable bonds is 5. The van der Waals surface area contributed by atoms with Gasteiger partial charge in [-0.3, -0.25) is 0 Å². The van der Waals surface area contributed by atoms with E-state index in [0.29, 0.717) is 5.75 Å². The van der Waals surface area contributed by atoms with Crippen LogP contribution in [0, 0.1) is 0 Å². The van der Waals surface area contributed by atoms with Crippen LogP contribution < -0.4 is 14.8 Å². The van der Waals surface area contributed by atoms with Gasteiger partial charge in [0.05, 0.1) is 18.6 Å². The van der Waals surface area contributed by atoms with Crippen LogP contribution in [-0.2, 0) is 0 Å². The predicted molar refractivity (Wildman–Crippen MR) is 89.5 cm³/mol. The van der Waals surface area contributed by atoms with E-state index >= 15 is 0 Å². The average Bonchev–Trinajstić information content (AvgIpc) is 2.98. The normalized spacial score (nSPS) is 10.9. The summed E-state index contributed by atoms with van der Waals surface area (Å²) >= 11 is 1.59. The number of benzene rings is 1. The molecule has 0 atom stereocenters. The standard InChI is InChI=1S/C16H17N3O2S/c1-10(2)21-13-5-4-11(8-14(13)20-3)19-15-12-6-7-22-16(12)18-9-17-15/h4-10H,1-3H3,(H,17,18,19). The van der Waals surface area contributed by atoms with Crippen LogP contribution in [0.15, 0.2) is 36.0 Å². The molecule has 114 valence electrons. The molecule has 1 N–H and O–H groups in total. The minimum Gasteiger partial charge on any atom is -0.493 e. The fourth-order valence-electron chi connectivity index (χ4n) is 2.12. The van der Waals surface area contributed by atoms with Gasteiger partial charge in [0, 0.05) is 11.8 Å². The highest BCUT2D eigenvalue weighted by Crippen LogP contribution is 2.33. The van der Waals surface area contributed by atoms with Crippen LogP contribution in [0.2, 0.25) is 0 Å². The Morgan fingerprint density at radius 2 is 2.00 bits per heavy atom. The van der Waals surface area contributed by atoms with Crippen LogP contribution in [0.5, 0.6) is 11.5 Å². The van der Waals surface area contributed by atoms with Crippen molar-refractivity contribution in [3.05, 3.63) is 36.0 Å². The lowest BCUT2D eigenvalue weighted by Crippen LogP contribution is -2.06. The average molecular weight is 315 g/mol. The van der Waals surface area contributed by atoms with E-state index in [-0.39, 0.29) is 6.10 Å². The number of ether oxygens (including phenoxy) is 2. The number of thiophene rings is 1. The second-order valence-electron chi connectivity index (χ2n) is 5.02. The molecule has 0 unspecified atom stereocenters. The third-order valence-corrected chi connectivity index (χ3v) is 3.87. The van der Waals surface area contributed by atoms with Gasteiger partial charge in [-0.2, -0.15) is 0 Å². The van der Waals surface area contributed by atoms with Crippen LogP contribution in [0.3, 0.4) is 0 Å². The number of fused-ring (bicyclic) bond motifs is 1. The number of methoxy groups -OCH3 is 1. The van der Waals surface area contributed by atoms with E-state index in [9.17, 15) is 0 Å². The van der Waals surface area contributed by atoms with Gasteiger partial charge in [0.15, 0.2) is 11.5 Å². The van der Waals surface area contributed by atoms with Gasteiger partial charge in [-0.25, -0.2) is 9.97 Å². The lowest BCUT2D eigenvalue weighted by molar-refractivity contribution is 0.230. The Labute approximate surface area is 132 Å². The number of aromatic nitrogens is 2. The molecular weight excluding hydrogens is 298 g/mol. The highest BCUT2D eigenvalue weighted by molar-refractivity contribution is 7.16. The Morgan fingerprint density at radius 3 is 2.77 bits per heavy atom. The maximum Gasteiger partial charge on any atom is 0.162 e. The zero-order valence-corrected chi connectivity index (χ0v) is 13.5. The molecule has 0 fully saturated rings. The SMILES string of the molecule is COc1cc(Nc2ncnc3sccc23)ccc1OC(C)C. The zero-order valence-electron chi connectivity index (χ0n) is 12.7. The van der Waals surface area contributed by atoms with Crippen molar-refractivity contribution in [2.45, 2.75) is 20.0 Å². The molecule has 0 aliphatic rings. The number of anilines is 2. The molecule has 0 radical (unpaired) electrons. The molecule has 2 heterocycles. The molecule has 22 heavy (non-hydrogen) atoms. The van der Waals surface area contributed by atoms with Gasteiger partial charge in [-0.05, 0) is 37.4 Å². The summed E-state index contributed by atoms with van der Waals surface area (Å²) in [6.45, 7) is 3.97. The number of nitrogens with zero attached hydrogens (tertiary/aromatic N) is 2. The molecule has 3 aromatic rings. The highest BCUT2D eigenvalue weighted by atomic mass is 32.1.